The van der Waals surface area contributed by atoms with E-state index in [1.54, 1.807) is 11.0 Å². The first kappa shape index (κ1) is 22.2. The van der Waals surface area contributed by atoms with Gasteiger partial charge in [-0.25, -0.2) is 0 Å². The number of carbonyl (C=O) groups is 3. The van der Waals surface area contributed by atoms with Gasteiger partial charge >= 0.3 is 0 Å². The topological polar surface area (TPSA) is 66.9 Å². The van der Waals surface area contributed by atoms with Crippen LogP contribution < -0.4 is 4.74 Å². The number of nitrogens with zero attached hydrogens (tertiary/aromatic N) is 2. The molecule has 2 aromatic carbocycles. The second kappa shape index (κ2) is 9.65. The van der Waals surface area contributed by atoms with Crippen LogP contribution in [0, 0.1) is 0 Å². The van der Waals surface area contributed by atoms with Crippen molar-refractivity contribution in [2.24, 2.45) is 0 Å². The Hall–Kier alpha value is -2.99. The second-order valence-corrected chi connectivity index (χ2v) is 8.52. The third-order valence-electron chi connectivity index (χ3n) is 6.49. The molecule has 1 amide bonds. The van der Waals surface area contributed by atoms with Gasteiger partial charge in [-0.2, -0.15) is 0 Å². The number of amides is 1. The average molecular weight is 435 g/mol. The third-order valence-corrected chi connectivity index (χ3v) is 6.49. The minimum atomic E-state index is -0.515. The molecule has 0 N–H and O–H groups in total. The van der Waals surface area contributed by atoms with Crippen LogP contribution >= 0.6 is 0 Å². The zero-order valence-electron chi connectivity index (χ0n) is 18.8. The quantitative estimate of drug-likeness (QED) is 0.592. The predicted octanol–water partition coefficient (Wildman–Crippen LogP) is 3.75. The Kier molecular flexibility index (Phi) is 6.70. The summed E-state index contributed by atoms with van der Waals surface area (Å²) in [7, 11) is 0. The van der Waals surface area contributed by atoms with Crippen LogP contribution in [0.4, 0.5) is 0 Å². The summed E-state index contributed by atoms with van der Waals surface area (Å²) >= 11 is 0. The summed E-state index contributed by atoms with van der Waals surface area (Å²) in [4.78, 5) is 40.9. The van der Waals surface area contributed by atoms with Crippen molar-refractivity contribution in [2.45, 2.75) is 58.8 Å². The van der Waals surface area contributed by atoms with E-state index in [9.17, 15) is 14.4 Å². The number of ether oxygens (including phenoxy) is 1. The number of fused-ring (bicyclic) bond motifs is 1. The number of carbonyl (C=O) groups excluding carboxylic acids is 3. The van der Waals surface area contributed by atoms with Crippen molar-refractivity contribution in [1.29, 1.82) is 0 Å². The normalized spacial score (nSPS) is 18.4. The van der Waals surface area contributed by atoms with Crippen LogP contribution in [-0.4, -0.2) is 46.4 Å². The van der Waals surface area contributed by atoms with Crippen molar-refractivity contribution in [3.63, 3.8) is 0 Å². The van der Waals surface area contributed by atoms with Crippen LogP contribution in [0.5, 0.6) is 5.75 Å². The van der Waals surface area contributed by atoms with Crippen LogP contribution in [0.2, 0.25) is 0 Å². The van der Waals surface area contributed by atoms with E-state index in [4.69, 9.17) is 4.74 Å². The summed E-state index contributed by atoms with van der Waals surface area (Å²) in [6.45, 7) is 8.08. The third kappa shape index (κ3) is 4.60. The number of hydrogen-bond donors (Lipinski definition) is 0. The van der Waals surface area contributed by atoms with Gasteiger partial charge in [-0.3, -0.25) is 19.3 Å². The van der Waals surface area contributed by atoms with Gasteiger partial charge in [0.05, 0.1) is 19.0 Å². The highest BCUT2D eigenvalue weighted by Gasteiger charge is 2.39. The summed E-state index contributed by atoms with van der Waals surface area (Å²) in [6.07, 6.45) is 0.690. The number of hydrogen-bond acceptors (Lipinski definition) is 5. The molecule has 1 saturated carbocycles. The van der Waals surface area contributed by atoms with Crippen molar-refractivity contribution >= 4 is 17.5 Å². The van der Waals surface area contributed by atoms with Gasteiger partial charge in [0.15, 0.2) is 5.78 Å². The molecule has 1 fully saturated rings. The highest BCUT2D eigenvalue weighted by molar-refractivity contribution is 6.07. The first-order valence-corrected chi connectivity index (χ1v) is 11.4. The smallest absolute Gasteiger partial charge is 0.255 e. The molecule has 0 spiro atoms. The van der Waals surface area contributed by atoms with Gasteiger partial charge in [0.2, 0.25) is 0 Å². The Bertz CT molecular complexity index is 1010. The standard InChI is InChI=1S/C26H30N2O4/c1-3-27(4-2)15-18-8-10-19(11-9-18)17-32-25-7-5-6-21-22(25)16-28(26(21)31)23-13-12-20(29)14-24(23)30/h5-11,23H,3-4,12-17H2,1-2H3. The Morgan fingerprint density at radius 1 is 1.00 bits per heavy atom. The molecule has 2 aliphatic rings. The number of Topliss-reactive ketones (excluding diaryl/α,β-unsaturated/α-hetero) is 2. The average Bonchev–Trinajstić information content (AvgIpc) is 3.13. The van der Waals surface area contributed by atoms with Gasteiger partial charge in [-0.1, -0.05) is 44.2 Å². The lowest BCUT2D eigenvalue weighted by atomic mass is 9.92. The van der Waals surface area contributed by atoms with E-state index in [1.165, 1.54) is 5.56 Å². The molecular formula is C26H30N2O4. The maximum atomic E-state index is 13.0. The SMILES string of the molecule is CCN(CC)Cc1ccc(COc2cccc3c2CN(C2CCC(=O)CC2=O)C3=O)cc1. The van der Waals surface area contributed by atoms with E-state index in [0.717, 1.165) is 30.8 Å². The van der Waals surface area contributed by atoms with Crippen LogP contribution in [0.15, 0.2) is 42.5 Å². The largest absolute Gasteiger partial charge is 0.489 e. The number of benzene rings is 2. The summed E-state index contributed by atoms with van der Waals surface area (Å²) in [5, 5.41) is 0. The molecule has 1 atom stereocenters. The molecule has 0 radical (unpaired) electrons. The van der Waals surface area contributed by atoms with Crippen molar-refractivity contribution in [1.82, 2.24) is 9.80 Å². The van der Waals surface area contributed by atoms with Crippen LogP contribution in [-0.2, 0) is 29.3 Å². The summed E-state index contributed by atoms with van der Waals surface area (Å²) < 4.78 is 6.10. The highest BCUT2D eigenvalue weighted by atomic mass is 16.5. The molecule has 0 aromatic heterocycles. The predicted molar refractivity (Wildman–Crippen MR) is 121 cm³/mol. The molecule has 0 bridgehead atoms. The molecule has 32 heavy (non-hydrogen) atoms. The molecule has 168 valence electrons. The number of ketones is 2. The fraction of sp³-hybridized carbons (Fsp3) is 0.423. The summed E-state index contributed by atoms with van der Waals surface area (Å²) in [6, 6.07) is 13.4. The van der Waals surface area contributed by atoms with Crippen molar-refractivity contribution < 1.29 is 19.1 Å². The fourth-order valence-electron chi connectivity index (χ4n) is 4.51. The van der Waals surface area contributed by atoms with Crippen LogP contribution in [0.1, 0.15) is 60.2 Å². The summed E-state index contributed by atoms with van der Waals surface area (Å²) in [5.41, 5.74) is 3.74. The Labute approximate surface area is 189 Å². The zero-order chi connectivity index (χ0) is 22.7. The summed E-state index contributed by atoms with van der Waals surface area (Å²) in [5.74, 6) is 0.320. The van der Waals surface area contributed by atoms with Crippen molar-refractivity contribution in [3.05, 3.63) is 64.7 Å². The van der Waals surface area contributed by atoms with Gasteiger partial charge in [-0.05, 0) is 42.8 Å². The molecule has 6 nitrogen and oxygen atoms in total. The fourth-order valence-corrected chi connectivity index (χ4v) is 4.51. The van der Waals surface area contributed by atoms with Crippen LogP contribution in [0.3, 0.4) is 0 Å². The van der Waals surface area contributed by atoms with E-state index < -0.39 is 6.04 Å². The molecule has 1 unspecified atom stereocenters. The zero-order valence-corrected chi connectivity index (χ0v) is 18.8. The maximum absolute atomic E-state index is 13.0. The molecule has 4 rings (SSSR count). The molecular weight excluding hydrogens is 404 g/mol. The highest BCUT2D eigenvalue weighted by Crippen LogP contribution is 2.34. The molecule has 1 aliphatic carbocycles. The van der Waals surface area contributed by atoms with Gasteiger partial charge in [0.1, 0.15) is 18.1 Å². The minimum Gasteiger partial charge on any atom is -0.489 e. The van der Waals surface area contributed by atoms with E-state index in [2.05, 4.69) is 43.0 Å². The Morgan fingerprint density at radius 2 is 1.72 bits per heavy atom. The Morgan fingerprint density at radius 3 is 2.41 bits per heavy atom. The number of rotatable bonds is 8. The van der Waals surface area contributed by atoms with Gasteiger partial charge in [0, 0.05) is 24.1 Å². The minimum absolute atomic E-state index is 0.0393. The Balaban J connectivity index is 1.43. The van der Waals surface area contributed by atoms with Crippen molar-refractivity contribution in [2.75, 3.05) is 13.1 Å². The van der Waals surface area contributed by atoms with E-state index >= 15 is 0 Å². The molecule has 1 aliphatic heterocycles. The lowest BCUT2D eigenvalue weighted by Gasteiger charge is -2.29. The van der Waals surface area contributed by atoms with E-state index in [0.29, 0.717) is 37.3 Å². The van der Waals surface area contributed by atoms with Crippen molar-refractivity contribution in [3.8, 4) is 5.75 Å². The molecule has 2 aromatic rings. The van der Waals surface area contributed by atoms with Gasteiger partial charge in [0.25, 0.3) is 5.91 Å². The van der Waals surface area contributed by atoms with E-state index in [1.807, 2.05) is 12.1 Å². The molecule has 6 heteroatoms. The van der Waals surface area contributed by atoms with E-state index in [-0.39, 0.29) is 23.9 Å². The maximum Gasteiger partial charge on any atom is 0.255 e. The molecule has 0 saturated heterocycles. The van der Waals surface area contributed by atoms with Crippen LogP contribution in [0.25, 0.3) is 0 Å². The first-order chi connectivity index (χ1) is 15.5. The molecule has 1 heterocycles. The lowest BCUT2D eigenvalue weighted by Crippen LogP contribution is -2.44. The van der Waals surface area contributed by atoms with Gasteiger partial charge in [-0.15, -0.1) is 0 Å². The van der Waals surface area contributed by atoms with Gasteiger partial charge < -0.3 is 9.64 Å². The lowest BCUT2D eigenvalue weighted by molar-refractivity contribution is -0.133. The second-order valence-electron chi connectivity index (χ2n) is 8.52. The first-order valence-electron chi connectivity index (χ1n) is 11.4. The monoisotopic (exact) mass is 434 g/mol.